The third-order valence-corrected chi connectivity index (χ3v) is 4.83. The van der Waals surface area contributed by atoms with Crippen LogP contribution in [0.15, 0.2) is 40.9 Å². The van der Waals surface area contributed by atoms with Gasteiger partial charge in [-0.25, -0.2) is 0 Å². The summed E-state index contributed by atoms with van der Waals surface area (Å²) in [6, 6.07) is 12.0. The molecule has 1 saturated carbocycles. The number of halogens is 1. The van der Waals surface area contributed by atoms with Gasteiger partial charge in [-0.15, -0.1) is 0 Å². The Labute approximate surface area is 134 Å². The van der Waals surface area contributed by atoms with Crippen molar-refractivity contribution in [1.82, 2.24) is 5.32 Å². The van der Waals surface area contributed by atoms with E-state index < -0.39 is 0 Å². The molecule has 0 saturated heterocycles. The van der Waals surface area contributed by atoms with Gasteiger partial charge in [0.1, 0.15) is 0 Å². The first-order valence-electron chi connectivity index (χ1n) is 7.70. The second-order valence-electron chi connectivity index (χ2n) is 5.92. The highest BCUT2D eigenvalue weighted by Crippen LogP contribution is 2.23. The van der Waals surface area contributed by atoms with Crippen LogP contribution in [0.4, 0.5) is 0 Å². The Kier molecular flexibility index (Phi) is 4.59. The van der Waals surface area contributed by atoms with E-state index in [9.17, 15) is 4.79 Å². The zero-order valence-corrected chi connectivity index (χ0v) is 13.7. The SMILES string of the molecule is O=C(NCC1CCCCC1)c1ccc2cc(Br)ccc2c1. The molecule has 0 atom stereocenters. The van der Waals surface area contributed by atoms with Gasteiger partial charge in [0.25, 0.3) is 5.91 Å². The average Bonchev–Trinajstić information content (AvgIpc) is 2.53. The number of rotatable bonds is 3. The predicted molar refractivity (Wildman–Crippen MR) is 90.6 cm³/mol. The Bertz CT molecular complexity index is 647. The first-order chi connectivity index (χ1) is 10.2. The van der Waals surface area contributed by atoms with Crippen molar-refractivity contribution < 1.29 is 4.79 Å². The molecule has 0 bridgehead atoms. The summed E-state index contributed by atoms with van der Waals surface area (Å²) >= 11 is 3.47. The molecule has 1 amide bonds. The minimum atomic E-state index is 0.0467. The molecule has 1 aliphatic rings. The van der Waals surface area contributed by atoms with Gasteiger partial charge >= 0.3 is 0 Å². The standard InChI is InChI=1S/C18H20BrNO/c19-17-9-8-14-10-16(7-6-15(14)11-17)18(21)20-12-13-4-2-1-3-5-13/h6-11,13H,1-5,12H2,(H,20,21). The number of nitrogens with one attached hydrogen (secondary N) is 1. The Morgan fingerprint density at radius 1 is 1.05 bits per heavy atom. The highest BCUT2D eigenvalue weighted by molar-refractivity contribution is 9.10. The molecule has 2 aromatic rings. The molecule has 1 N–H and O–H groups in total. The molecule has 0 aromatic heterocycles. The molecule has 0 aliphatic heterocycles. The summed E-state index contributed by atoms with van der Waals surface area (Å²) in [5, 5.41) is 5.34. The first kappa shape index (κ1) is 14.6. The summed E-state index contributed by atoms with van der Waals surface area (Å²) in [4.78, 5) is 12.3. The van der Waals surface area contributed by atoms with Crippen molar-refractivity contribution in [3.63, 3.8) is 0 Å². The van der Waals surface area contributed by atoms with Crippen LogP contribution in [0.5, 0.6) is 0 Å². The average molecular weight is 346 g/mol. The van der Waals surface area contributed by atoms with Gasteiger partial charge in [0, 0.05) is 16.6 Å². The quantitative estimate of drug-likeness (QED) is 0.840. The lowest BCUT2D eigenvalue weighted by molar-refractivity contribution is 0.0943. The molecule has 0 radical (unpaired) electrons. The van der Waals surface area contributed by atoms with Crippen LogP contribution in [0, 0.1) is 5.92 Å². The molecule has 3 rings (SSSR count). The number of benzene rings is 2. The van der Waals surface area contributed by atoms with E-state index >= 15 is 0 Å². The van der Waals surface area contributed by atoms with Crippen molar-refractivity contribution in [2.45, 2.75) is 32.1 Å². The summed E-state index contributed by atoms with van der Waals surface area (Å²) in [7, 11) is 0. The molecule has 3 heteroatoms. The molecule has 110 valence electrons. The van der Waals surface area contributed by atoms with Gasteiger partial charge in [0.15, 0.2) is 0 Å². The van der Waals surface area contributed by atoms with E-state index in [4.69, 9.17) is 0 Å². The summed E-state index contributed by atoms with van der Waals surface area (Å²) in [6.45, 7) is 0.817. The lowest BCUT2D eigenvalue weighted by Gasteiger charge is -2.21. The van der Waals surface area contributed by atoms with Crippen molar-refractivity contribution in [1.29, 1.82) is 0 Å². The first-order valence-corrected chi connectivity index (χ1v) is 8.49. The van der Waals surface area contributed by atoms with Crippen LogP contribution >= 0.6 is 15.9 Å². The zero-order chi connectivity index (χ0) is 14.7. The number of hydrogen-bond acceptors (Lipinski definition) is 1. The fourth-order valence-electron chi connectivity index (χ4n) is 3.09. The summed E-state index contributed by atoms with van der Waals surface area (Å²) in [5.41, 5.74) is 0.751. The number of amides is 1. The highest BCUT2D eigenvalue weighted by Gasteiger charge is 2.15. The van der Waals surface area contributed by atoms with Crippen molar-refractivity contribution in [3.05, 3.63) is 46.4 Å². The lowest BCUT2D eigenvalue weighted by Crippen LogP contribution is -2.30. The molecular formula is C18H20BrNO. The van der Waals surface area contributed by atoms with E-state index in [0.717, 1.165) is 27.4 Å². The monoisotopic (exact) mass is 345 g/mol. The summed E-state index contributed by atoms with van der Waals surface area (Å²) in [5.74, 6) is 0.713. The summed E-state index contributed by atoms with van der Waals surface area (Å²) in [6.07, 6.45) is 6.49. The van der Waals surface area contributed by atoms with Crippen molar-refractivity contribution in [3.8, 4) is 0 Å². The number of carbonyl (C=O) groups is 1. The van der Waals surface area contributed by atoms with Crippen LogP contribution < -0.4 is 5.32 Å². The third-order valence-electron chi connectivity index (χ3n) is 4.34. The second kappa shape index (κ2) is 6.61. The van der Waals surface area contributed by atoms with Gasteiger partial charge in [-0.1, -0.05) is 47.3 Å². The van der Waals surface area contributed by atoms with E-state index in [1.54, 1.807) is 0 Å². The predicted octanol–water partition coefficient (Wildman–Crippen LogP) is 4.91. The largest absolute Gasteiger partial charge is 0.352 e. The minimum Gasteiger partial charge on any atom is -0.352 e. The molecule has 0 unspecified atom stereocenters. The molecular weight excluding hydrogens is 326 g/mol. The van der Waals surface area contributed by atoms with Gasteiger partial charge in [-0.05, 0) is 53.8 Å². The normalized spacial score (nSPS) is 16.0. The van der Waals surface area contributed by atoms with Crippen molar-refractivity contribution >= 4 is 32.6 Å². The van der Waals surface area contributed by atoms with Crippen LogP contribution in [0.2, 0.25) is 0 Å². The molecule has 1 fully saturated rings. The zero-order valence-electron chi connectivity index (χ0n) is 12.1. The van der Waals surface area contributed by atoms with E-state index in [2.05, 4.69) is 27.3 Å². The van der Waals surface area contributed by atoms with Crippen LogP contribution in [0.3, 0.4) is 0 Å². The maximum absolute atomic E-state index is 12.3. The van der Waals surface area contributed by atoms with Gasteiger partial charge in [0.2, 0.25) is 0 Å². The van der Waals surface area contributed by atoms with Crippen molar-refractivity contribution in [2.75, 3.05) is 6.54 Å². The Hall–Kier alpha value is -1.35. The number of hydrogen-bond donors (Lipinski definition) is 1. The summed E-state index contributed by atoms with van der Waals surface area (Å²) < 4.78 is 1.06. The van der Waals surface area contributed by atoms with E-state index in [-0.39, 0.29) is 5.91 Å². The number of carbonyl (C=O) groups excluding carboxylic acids is 1. The smallest absolute Gasteiger partial charge is 0.251 e. The molecule has 2 nitrogen and oxygen atoms in total. The fourth-order valence-corrected chi connectivity index (χ4v) is 3.47. The maximum atomic E-state index is 12.3. The highest BCUT2D eigenvalue weighted by atomic mass is 79.9. The topological polar surface area (TPSA) is 29.1 Å². The lowest BCUT2D eigenvalue weighted by atomic mass is 9.89. The van der Waals surface area contributed by atoms with Gasteiger partial charge in [-0.2, -0.15) is 0 Å². The molecule has 21 heavy (non-hydrogen) atoms. The van der Waals surface area contributed by atoms with Crippen LogP contribution in [0.25, 0.3) is 10.8 Å². The molecule has 0 spiro atoms. The number of fused-ring (bicyclic) bond motifs is 1. The minimum absolute atomic E-state index is 0.0467. The van der Waals surface area contributed by atoms with E-state index in [0.29, 0.717) is 5.92 Å². The Morgan fingerprint density at radius 2 is 1.76 bits per heavy atom. The van der Waals surface area contributed by atoms with Gasteiger partial charge in [-0.3, -0.25) is 4.79 Å². The third kappa shape index (κ3) is 3.65. The van der Waals surface area contributed by atoms with Gasteiger partial charge in [0.05, 0.1) is 0 Å². The fraction of sp³-hybridized carbons (Fsp3) is 0.389. The van der Waals surface area contributed by atoms with Crippen LogP contribution in [0.1, 0.15) is 42.5 Å². The molecule has 0 heterocycles. The van der Waals surface area contributed by atoms with Crippen LogP contribution in [-0.4, -0.2) is 12.5 Å². The Morgan fingerprint density at radius 3 is 2.57 bits per heavy atom. The van der Waals surface area contributed by atoms with Crippen LogP contribution in [-0.2, 0) is 0 Å². The van der Waals surface area contributed by atoms with E-state index in [1.807, 2.05) is 30.3 Å². The second-order valence-corrected chi connectivity index (χ2v) is 6.84. The van der Waals surface area contributed by atoms with E-state index in [1.165, 1.54) is 32.1 Å². The molecule has 1 aliphatic carbocycles. The molecule has 2 aromatic carbocycles. The maximum Gasteiger partial charge on any atom is 0.251 e. The van der Waals surface area contributed by atoms with Crippen molar-refractivity contribution in [2.24, 2.45) is 5.92 Å². The van der Waals surface area contributed by atoms with Gasteiger partial charge < -0.3 is 5.32 Å². The Balaban J connectivity index is 1.67.